The number of ether oxygens (including phenoxy) is 2. The number of aromatic nitrogens is 3. The van der Waals surface area contributed by atoms with Gasteiger partial charge < -0.3 is 20.1 Å². The first kappa shape index (κ1) is 26.0. The van der Waals surface area contributed by atoms with E-state index in [4.69, 9.17) is 32.7 Å². The SMILES string of the molecule is C=CC(=O)Nc1cc(C)ccc1Nc1ncc2cc(-c3c(Cl)c(OC)cc(OC)c3Cl)c(=O)n(C)c2n1. The number of hydrogen-bond acceptors (Lipinski definition) is 7. The van der Waals surface area contributed by atoms with Crippen LogP contribution in [0.25, 0.3) is 22.2 Å². The lowest BCUT2D eigenvalue weighted by Gasteiger charge is -2.16. The van der Waals surface area contributed by atoms with Gasteiger partial charge in [0.15, 0.2) is 0 Å². The summed E-state index contributed by atoms with van der Waals surface area (Å²) >= 11 is 13.1. The van der Waals surface area contributed by atoms with E-state index in [2.05, 4.69) is 27.2 Å². The summed E-state index contributed by atoms with van der Waals surface area (Å²) in [6, 6.07) is 8.66. The van der Waals surface area contributed by atoms with Gasteiger partial charge in [-0.15, -0.1) is 0 Å². The molecule has 0 aliphatic rings. The minimum Gasteiger partial charge on any atom is -0.495 e. The van der Waals surface area contributed by atoms with Crippen LogP contribution in [-0.4, -0.2) is 34.7 Å². The molecule has 0 saturated heterocycles. The first-order valence-corrected chi connectivity index (χ1v) is 11.7. The number of nitrogens with one attached hydrogen (secondary N) is 2. The standard InChI is InChI=1S/C26H23Cl2N5O4/c1-6-20(34)30-17-9-13(2)7-8-16(17)31-26-29-12-14-10-15(25(35)33(3)24(14)32-26)21-22(27)18(36-4)11-19(37-5)23(21)28/h6-12H,1H2,2-5H3,(H,30,34)(H,29,31,32). The molecule has 1 amide bonds. The molecule has 4 rings (SSSR count). The van der Waals surface area contributed by atoms with Gasteiger partial charge in [0.05, 0.1) is 41.2 Å². The number of methoxy groups -OCH3 is 2. The summed E-state index contributed by atoms with van der Waals surface area (Å²) < 4.78 is 12.1. The van der Waals surface area contributed by atoms with Gasteiger partial charge in [0, 0.05) is 30.3 Å². The maximum atomic E-state index is 13.4. The Morgan fingerprint density at radius 2 is 1.76 bits per heavy atom. The molecule has 0 saturated carbocycles. The second-order valence-corrected chi connectivity index (χ2v) is 8.80. The van der Waals surface area contributed by atoms with E-state index < -0.39 is 0 Å². The fourth-order valence-corrected chi connectivity index (χ4v) is 4.49. The molecule has 0 spiro atoms. The van der Waals surface area contributed by atoms with Gasteiger partial charge in [-0.3, -0.25) is 14.2 Å². The predicted octanol–water partition coefficient (Wildman–Crippen LogP) is 5.50. The zero-order valence-corrected chi connectivity index (χ0v) is 22.0. The molecular weight excluding hydrogens is 517 g/mol. The second-order valence-electron chi connectivity index (χ2n) is 8.05. The predicted molar refractivity (Wildman–Crippen MR) is 147 cm³/mol. The minimum absolute atomic E-state index is 0.178. The van der Waals surface area contributed by atoms with Crippen LogP contribution in [-0.2, 0) is 11.8 Å². The normalized spacial score (nSPS) is 10.8. The highest BCUT2D eigenvalue weighted by Crippen LogP contribution is 2.45. The van der Waals surface area contributed by atoms with Crippen molar-refractivity contribution in [3.63, 3.8) is 0 Å². The van der Waals surface area contributed by atoms with Crippen molar-refractivity contribution in [2.45, 2.75) is 6.92 Å². The third-order valence-corrected chi connectivity index (χ3v) is 6.41. The Morgan fingerprint density at radius 3 is 2.38 bits per heavy atom. The largest absolute Gasteiger partial charge is 0.495 e. The molecule has 0 aliphatic carbocycles. The summed E-state index contributed by atoms with van der Waals surface area (Å²) in [5.41, 5.74) is 2.57. The third kappa shape index (κ3) is 4.96. The topological polar surface area (TPSA) is 107 Å². The van der Waals surface area contributed by atoms with Crippen LogP contribution < -0.4 is 25.7 Å². The summed E-state index contributed by atoms with van der Waals surface area (Å²) in [7, 11) is 4.51. The molecule has 9 nitrogen and oxygen atoms in total. The van der Waals surface area contributed by atoms with Crippen molar-refractivity contribution in [2.24, 2.45) is 7.05 Å². The van der Waals surface area contributed by atoms with Crippen molar-refractivity contribution in [1.29, 1.82) is 0 Å². The van der Waals surface area contributed by atoms with Crippen LogP contribution in [0.1, 0.15) is 5.56 Å². The average Bonchev–Trinajstić information content (AvgIpc) is 2.89. The molecule has 190 valence electrons. The van der Waals surface area contributed by atoms with Crippen molar-refractivity contribution in [3.8, 4) is 22.6 Å². The number of pyridine rings is 1. The molecule has 0 bridgehead atoms. The Bertz CT molecular complexity index is 1590. The Hall–Kier alpha value is -4.08. The molecule has 0 unspecified atom stereocenters. The molecule has 2 N–H and O–H groups in total. The van der Waals surface area contributed by atoms with Crippen molar-refractivity contribution in [3.05, 3.63) is 75.1 Å². The smallest absolute Gasteiger partial charge is 0.259 e. The van der Waals surface area contributed by atoms with Crippen LogP contribution in [0.4, 0.5) is 17.3 Å². The summed E-state index contributed by atoms with van der Waals surface area (Å²) in [5.74, 6) is 0.503. The van der Waals surface area contributed by atoms with Gasteiger partial charge >= 0.3 is 0 Å². The number of fused-ring (bicyclic) bond motifs is 1. The Labute approximate surface area is 222 Å². The van der Waals surface area contributed by atoms with Gasteiger partial charge in [0.1, 0.15) is 17.1 Å². The number of hydrogen-bond donors (Lipinski definition) is 2. The quantitative estimate of drug-likeness (QED) is 0.298. The molecular formula is C26H23Cl2N5O4. The van der Waals surface area contributed by atoms with Crippen LogP contribution in [0.15, 0.2) is 54.0 Å². The number of amides is 1. The van der Waals surface area contributed by atoms with Crippen LogP contribution in [0.2, 0.25) is 10.0 Å². The lowest BCUT2D eigenvalue weighted by Crippen LogP contribution is -2.20. The Morgan fingerprint density at radius 1 is 1.08 bits per heavy atom. The van der Waals surface area contributed by atoms with E-state index in [9.17, 15) is 9.59 Å². The van der Waals surface area contributed by atoms with Crippen LogP contribution in [0, 0.1) is 6.92 Å². The van der Waals surface area contributed by atoms with Crippen molar-refractivity contribution < 1.29 is 14.3 Å². The summed E-state index contributed by atoms with van der Waals surface area (Å²) in [5, 5.41) is 6.79. The highest BCUT2D eigenvalue weighted by Gasteiger charge is 2.22. The molecule has 2 aromatic heterocycles. The van der Waals surface area contributed by atoms with E-state index in [1.54, 1.807) is 31.4 Å². The Kier molecular flexibility index (Phi) is 7.37. The van der Waals surface area contributed by atoms with E-state index in [0.29, 0.717) is 33.9 Å². The molecule has 0 atom stereocenters. The van der Waals surface area contributed by atoms with Gasteiger partial charge in [-0.1, -0.05) is 35.8 Å². The van der Waals surface area contributed by atoms with Gasteiger partial charge in [-0.2, -0.15) is 4.98 Å². The number of benzene rings is 2. The Balaban J connectivity index is 1.82. The van der Waals surface area contributed by atoms with Crippen molar-refractivity contribution in [1.82, 2.24) is 14.5 Å². The number of nitrogens with zero attached hydrogens (tertiary/aromatic N) is 3. The molecule has 37 heavy (non-hydrogen) atoms. The number of rotatable bonds is 7. The number of anilines is 3. The van der Waals surface area contributed by atoms with Gasteiger partial charge in [0.25, 0.3) is 5.56 Å². The van der Waals surface area contributed by atoms with E-state index in [-0.39, 0.29) is 38.6 Å². The van der Waals surface area contributed by atoms with E-state index in [1.807, 2.05) is 19.1 Å². The van der Waals surface area contributed by atoms with Crippen molar-refractivity contribution >= 4 is 57.5 Å². The third-order valence-electron chi connectivity index (χ3n) is 5.66. The lowest BCUT2D eigenvalue weighted by atomic mass is 10.0. The zero-order valence-electron chi connectivity index (χ0n) is 20.5. The molecule has 0 aliphatic heterocycles. The number of carbonyl (C=O) groups is 1. The number of carbonyl (C=O) groups excluding carboxylic acids is 1. The average molecular weight is 540 g/mol. The van der Waals surface area contributed by atoms with E-state index in [1.165, 1.54) is 24.9 Å². The fraction of sp³-hybridized carbons (Fsp3) is 0.154. The maximum Gasteiger partial charge on any atom is 0.259 e. The van der Waals surface area contributed by atoms with E-state index >= 15 is 0 Å². The van der Waals surface area contributed by atoms with Crippen LogP contribution in [0.3, 0.4) is 0 Å². The highest BCUT2D eigenvalue weighted by molar-refractivity contribution is 6.41. The first-order chi connectivity index (χ1) is 17.7. The van der Waals surface area contributed by atoms with Gasteiger partial charge in [0.2, 0.25) is 11.9 Å². The first-order valence-electron chi connectivity index (χ1n) is 11.0. The second kappa shape index (κ2) is 10.5. The minimum atomic E-state index is -0.384. The van der Waals surface area contributed by atoms with Gasteiger partial charge in [-0.25, -0.2) is 4.98 Å². The summed E-state index contributed by atoms with van der Waals surface area (Å²) in [6.45, 7) is 5.39. The molecule has 2 heterocycles. The van der Waals surface area contributed by atoms with Gasteiger partial charge in [-0.05, 0) is 36.8 Å². The summed E-state index contributed by atoms with van der Waals surface area (Å²) in [4.78, 5) is 34.2. The maximum absolute atomic E-state index is 13.4. The van der Waals surface area contributed by atoms with Crippen molar-refractivity contribution in [2.75, 3.05) is 24.9 Å². The highest BCUT2D eigenvalue weighted by atomic mass is 35.5. The number of aryl methyl sites for hydroxylation is 2. The molecule has 2 aromatic carbocycles. The van der Waals surface area contributed by atoms with Crippen LogP contribution in [0.5, 0.6) is 11.5 Å². The monoisotopic (exact) mass is 539 g/mol. The lowest BCUT2D eigenvalue weighted by molar-refractivity contribution is -0.111. The zero-order chi connectivity index (χ0) is 26.9. The molecule has 0 radical (unpaired) electrons. The fourth-order valence-electron chi connectivity index (χ4n) is 3.78. The van der Waals surface area contributed by atoms with Crippen LogP contribution >= 0.6 is 23.2 Å². The summed E-state index contributed by atoms with van der Waals surface area (Å²) in [6.07, 6.45) is 2.76. The molecule has 4 aromatic rings. The number of halogens is 2. The molecule has 11 heteroatoms. The molecule has 0 fully saturated rings. The van der Waals surface area contributed by atoms with E-state index in [0.717, 1.165) is 5.56 Å².